The Balaban J connectivity index is 1.88. The zero-order chi connectivity index (χ0) is 18.9. The van der Waals surface area contributed by atoms with E-state index in [0.717, 1.165) is 24.0 Å². The van der Waals surface area contributed by atoms with Crippen LogP contribution in [0.5, 0.6) is 0 Å². The Kier molecular flexibility index (Phi) is 4.67. The van der Waals surface area contributed by atoms with Crippen molar-refractivity contribution in [2.45, 2.75) is 76.5 Å². The first-order chi connectivity index (χ1) is 12.3. The van der Waals surface area contributed by atoms with Gasteiger partial charge in [-0.15, -0.1) is 5.92 Å². The number of carbonyl (C=O) groups is 1. The van der Waals surface area contributed by atoms with E-state index in [-0.39, 0.29) is 18.2 Å². The molecule has 3 atom stereocenters. The molecule has 5 nitrogen and oxygen atoms in total. The van der Waals surface area contributed by atoms with Crippen LogP contribution in [-0.4, -0.2) is 33.7 Å². The van der Waals surface area contributed by atoms with E-state index in [1.807, 2.05) is 31.7 Å². The van der Waals surface area contributed by atoms with Gasteiger partial charge in [0.15, 0.2) is 0 Å². The molecule has 1 aromatic heterocycles. The molecule has 2 saturated heterocycles. The van der Waals surface area contributed by atoms with E-state index in [1.54, 1.807) is 19.3 Å². The Morgan fingerprint density at radius 2 is 1.96 bits per heavy atom. The van der Waals surface area contributed by atoms with Crippen molar-refractivity contribution >= 4 is 6.09 Å². The number of pyridine rings is 1. The minimum Gasteiger partial charge on any atom is -0.444 e. The van der Waals surface area contributed by atoms with Gasteiger partial charge in [0.2, 0.25) is 0 Å². The number of amides is 1. The van der Waals surface area contributed by atoms with Gasteiger partial charge in [-0.1, -0.05) is 5.92 Å². The topological polar surface area (TPSA) is 66.2 Å². The Labute approximate surface area is 155 Å². The molecule has 1 aromatic rings. The van der Waals surface area contributed by atoms with E-state index < -0.39 is 11.0 Å². The summed E-state index contributed by atoms with van der Waals surface area (Å²) in [5, 5.41) is 10.0. The second kappa shape index (κ2) is 6.65. The average molecular weight is 351 g/mol. The van der Waals surface area contributed by atoms with Crippen molar-refractivity contribution in [2.75, 3.05) is 0 Å². The Morgan fingerprint density at radius 1 is 1.31 bits per heavy atom. The van der Waals surface area contributed by atoms with Gasteiger partial charge in [0.05, 0.1) is 11.5 Å². The van der Waals surface area contributed by atoms with Crippen molar-refractivity contribution in [3.63, 3.8) is 0 Å². The minimum atomic E-state index is -0.622. The highest BCUT2D eigenvalue weighted by molar-refractivity contribution is 5.70. The van der Waals surface area contributed by atoms with Gasteiger partial charge in [-0.2, -0.15) is 5.26 Å². The van der Waals surface area contributed by atoms with Crippen LogP contribution in [0.4, 0.5) is 4.79 Å². The fraction of sp³-hybridized carbons (Fsp3) is 0.571. The van der Waals surface area contributed by atoms with Gasteiger partial charge in [0.25, 0.3) is 0 Å². The number of piperidine rings is 1. The molecule has 3 rings (SSSR count). The van der Waals surface area contributed by atoms with Crippen molar-refractivity contribution < 1.29 is 9.53 Å². The average Bonchev–Trinajstić information content (AvgIpc) is 2.85. The summed E-state index contributed by atoms with van der Waals surface area (Å²) < 4.78 is 5.59. The molecule has 2 aliphatic heterocycles. The van der Waals surface area contributed by atoms with E-state index >= 15 is 0 Å². The zero-order valence-electron chi connectivity index (χ0n) is 15.9. The lowest BCUT2D eigenvalue weighted by Gasteiger charge is -2.43. The summed E-state index contributed by atoms with van der Waals surface area (Å²) in [5.74, 6) is 5.89. The SMILES string of the molecule is CC#Cc1cncc([C@]2(C#N)C[C@H]3CC[C@@H](C2)N3C(=O)OC(C)(C)C)c1. The number of hydrogen-bond acceptors (Lipinski definition) is 4. The van der Waals surface area contributed by atoms with Crippen LogP contribution in [0.25, 0.3) is 0 Å². The van der Waals surface area contributed by atoms with Gasteiger partial charge in [0.1, 0.15) is 5.60 Å². The third kappa shape index (κ3) is 3.40. The summed E-state index contributed by atoms with van der Waals surface area (Å²) >= 11 is 0. The van der Waals surface area contributed by atoms with Crippen LogP contribution in [0, 0.1) is 23.2 Å². The smallest absolute Gasteiger partial charge is 0.410 e. The molecule has 0 aliphatic carbocycles. The summed E-state index contributed by atoms with van der Waals surface area (Å²) in [6.45, 7) is 7.42. The number of rotatable bonds is 1. The minimum absolute atomic E-state index is 0.0316. The van der Waals surface area contributed by atoms with E-state index in [4.69, 9.17) is 4.74 Å². The lowest BCUT2D eigenvalue weighted by molar-refractivity contribution is 0.00232. The molecule has 3 heterocycles. The monoisotopic (exact) mass is 351 g/mol. The van der Waals surface area contributed by atoms with Crippen LogP contribution in [0.1, 0.15) is 64.5 Å². The summed E-state index contributed by atoms with van der Waals surface area (Å²) in [7, 11) is 0. The maximum Gasteiger partial charge on any atom is 0.410 e. The first-order valence-corrected chi connectivity index (χ1v) is 9.09. The van der Waals surface area contributed by atoms with Crippen molar-refractivity contribution in [3.8, 4) is 17.9 Å². The van der Waals surface area contributed by atoms with Crippen molar-refractivity contribution in [1.29, 1.82) is 5.26 Å². The van der Waals surface area contributed by atoms with Gasteiger partial charge >= 0.3 is 6.09 Å². The first kappa shape index (κ1) is 18.3. The number of nitriles is 1. The molecular formula is C21H25N3O2. The summed E-state index contributed by atoms with van der Waals surface area (Å²) in [4.78, 5) is 18.8. The Morgan fingerprint density at radius 3 is 2.50 bits per heavy atom. The van der Waals surface area contributed by atoms with Crippen LogP contribution < -0.4 is 0 Å². The molecule has 26 heavy (non-hydrogen) atoms. The molecule has 1 amide bonds. The molecule has 136 valence electrons. The van der Waals surface area contributed by atoms with Gasteiger partial charge in [0, 0.05) is 30.0 Å². The maximum absolute atomic E-state index is 12.6. The molecule has 2 fully saturated rings. The standard InChI is InChI=1S/C21H25N3O2/c1-5-6-15-9-16(13-23-12-15)21(14-22)10-17-7-8-18(11-21)24(17)19(25)26-20(2,3)4/h9,12-13,17-18H,7-8,10-11H2,1-4H3/t17-,18+,21-. The molecule has 5 heteroatoms. The molecule has 0 unspecified atom stereocenters. The van der Waals surface area contributed by atoms with E-state index in [9.17, 15) is 10.1 Å². The molecule has 0 radical (unpaired) electrons. The highest BCUT2D eigenvalue weighted by Crippen LogP contribution is 2.47. The van der Waals surface area contributed by atoms with Crippen LogP contribution >= 0.6 is 0 Å². The lowest BCUT2D eigenvalue weighted by Crippen LogP contribution is -2.52. The number of carbonyl (C=O) groups excluding carboxylic acids is 1. The number of nitrogens with zero attached hydrogens (tertiary/aromatic N) is 3. The predicted molar refractivity (Wildman–Crippen MR) is 98.2 cm³/mol. The van der Waals surface area contributed by atoms with Crippen molar-refractivity contribution in [2.24, 2.45) is 0 Å². The number of aromatic nitrogens is 1. The highest BCUT2D eigenvalue weighted by Gasteiger charge is 2.52. The normalized spacial score (nSPS) is 27.3. The van der Waals surface area contributed by atoms with E-state index in [1.165, 1.54) is 0 Å². The van der Waals surface area contributed by atoms with Crippen molar-refractivity contribution in [1.82, 2.24) is 9.88 Å². The molecular weight excluding hydrogens is 326 g/mol. The maximum atomic E-state index is 12.6. The zero-order valence-corrected chi connectivity index (χ0v) is 15.9. The first-order valence-electron chi connectivity index (χ1n) is 9.09. The Hall–Kier alpha value is -2.53. The quantitative estimate of drug-likeness (QED) is 0.722. The molecule has 0 spiro atoms. The van der Waals surface area contributed by atoms with Gasteiger partial charge in [-0.3, -0.25) is 4.98 Å². The second-order valence-electron chi connectivity index (χ2n) is 8.21. The molecule has 2 bridgehead atoms. The van der Waals surface area contributed by atoms with E-state index in [0.29, 0.717) is 12.8 Å². The van der Waals surface area contributed by atoms with E-state index in [2.05, 4.69) is 22.9 Å². The fourth-order valence-electron chi connectivity index (χ4n) is 4.17. The highest BCUT2D eigenvalue weighted by atomic mass is 16.6. The largest absolute Gasteiger partial charge is 0.444 e. The van der Waals surface area contributed by atoms with Gasteiger partial charge < -0.3 is 9.64 Å². The van der Waals surface area contributed by atoms with Crippen LogP contribution in [-0.2, 0) is 10.2 Å². The van der Waals surface area contributed by atoms with Crippen molar-refractivity contribution in [3.05, 3.63) is 29.6 Å². The number of fused-ring (bicyclic) bond motifs is 2. The lowest BCUT2D eigenvalue weighted by atomic mass is 9.71. The second-order valence-corrected chi connectivity index (χ2v) is 8.21. The molecule has 2 aliphatic rings. The fourth-order valence-corrected chi connectivity index (χ4v) is 4.17. The van der Waals surface area contributed by atoms with Crippen LogP contribution in [0.2, 0.25) is 0 Å². The van der Waals surface area contributed by atoms with Crippen LogP contribution in [0.3, 0.4) is 0 Å². The summed E-state index contributed by atoms with van der Waals surface area (Å²) in [6.07, 6.45) is 6.28. The number of hydrogen-bond donors (Lipinski definition) is 0. The number of ether oxygens (including phenoxy) is 1. The predicted octanol–water partition coefficient (Wildman–Crippen LogP) is 3.78. The molecule has 0 N–H and O–H groups in total. The Bertz CT molecular complexity index is 793. The van der Waals surface area contributed by atoms with Gasteiger partial charge in [-0.05, 0) is 65.0 Å². The molecule has 0 aromatic carbocycles. The van der Waals surface area contributed by atoms with Gasteiger partial charge in [-0.25, -0.2) is 4.79 Å². The van der Waals surface area contributed by atoms with Crippen LogP contribution in [0.15, 0.2) is 18.5 Å². The summed E-state index contributed by atoms with van der Waals surface area (Å²) in [5.41, 5.74) is 0.586. The molecule has 0 saturated carbocycles. The third-order valence-electron chi connectivity index (χ3n) is 5.17. The summed E-state index contributed by atoms with van der Waals surface area (Å²) in [6, 6.07) is 4.58. The third-order valence-corrected chi connectivity index (χ3v) is 5.17.